The van der Waals surface area contributed by atoms with E-state index in [4.69, 9.17) is 0 Å². The molecular weight excluding hydrogens is 484 g/mol. The van der Waals surface area contributed by atoms with E-state index in [1.54, 1.807) is 11.8 Å². The van der Waals surface area contributed by atoms with Crippen molar-refractivity contribution in [2.75, 3.05) is 19.6 Å². The molecular formula is C24H27F4N4O4+. The quantitative estimate of drug-likeness (QED) is 0.472. The topological polar surface area (TPSA) is 95.4 Å². The number of aryl methyl sites for hydroxylation is 1. The summed E-state index contributed by atoms with van der Waals surface area (Å²) >= 11 is 0. The number of halogens is 4. The van der Waals surface area contributed by atoms with Crippen LogP contribution in [0.4, 0.5) is 17.6 Å². The third-order valence-electron chi connectivity index (χ3n) is 6.87. The van der Waals surface area contributed by atoms with Gasteiger partial charge in [-0.1, -0.05) is 18.1 Å². The molecule has 36 heavy (non-hydrogen) atoms. The van der Waals surface area contributed by atoms with Crippen molar-refractivity contribution in [3.8, 4) is 0 Å². The Hall–Kier alpha value is -3.28. The number of amides is 1. The second kappa shape index (κ2) is 10.00. The van der Waals surface area contributed by atoms with Gasteiger partial charge in [0, 0.05) is 30.3 Å². The second-order valence-corrected chi connectivity index (χ2v) is 9.22. The molecule has 12 heteroatoms. The van der Waals surface area contributed by atoms with E-state index in [9.17, 15) is 31.9 Å². The van der Waals surface area contributed by atoms with Crippen LogP contribution in [0.15, 0.2) is 29.1 Å². The molecule has 2 N–H and O–H groups in total. The fourth-order valence-electron chi connectivity index (χ4n) is 4.82. The van der Waals surface area contributed by atoms with Gasteiger partial charge in [-0.15, -0.1) is 0 Å². The fourth-order valence-corrected chi connectivity index (χ4v) is 4.82. The van der Waals surface area contributed by atoms with Crippen LogP contribution in [0, 0.1) is 5.82 Å². The summed E-state index contributed by atoms with van der Waals surface area (Å²) in [5, 5.41) is 5.62. The lowest BCUT2D eigenvalue weighted by molar-refractivity contribution is -0.921. The third kappa shape index (κ3) is 5.43. The summed E-state index contributed by atoms with van der Waals surface area (Å²) in [5.41, 5.74) is -0.171. The first kappa shape index (κ1) is 25.8. The minimum atomic E-state index is -5.28. The SMILES string of the molecule is CCc1cc(Cc2ccc(F)c(C(=O)N3CCC4(CCCN4)CC3)c2)[n+](OC(=O)C(F)(F)F)[nH]c1=O. The average Bonchev–Trinajstić information content (AvgIpc) is 3.29. The van der Waals surface area contributed by atoms with Crippen molar-refractivity contribution in [1.29, 1.82) is 0 Å². The number of hydrogen-bond acceptors (Lipinski definition) is 5. The van der Waals surface area contributed by atoms with E-state index >= 15 is 0 Å². The number of piperidine rings is 1. The lowest BCUT2D eigenvalue weighted by atomic mass is 9.86. The van der Waals surface area contributed by atoms with Crippen LogP contribution in [0.25, 0.3) is 0 Å². The molecule has 3 heterocycles. The molecule has 2 saturated heterocycles. The molecule has 0 saturated carbocycles. The van der Waals surface area contributed by atoms with E-state index in [1.165, 1.54) is 18.2 Å². The van der Waals surface area contributed by atoms with Gasteiger partial charge < -0.3 is 10.2 Å². The summed E-state index contributed by atoms with van der Waals surface area (Å²) in [6.45, 7) is 3.61. The number of aromatic amines is 1. The van der Waals surface area contributed by atoms with E-state index in [1.807, 2.05) is 0 Å². The Morgan fingerprint density at radius 1 is 1.17 bits per heavy atom. The monoisotopic (exact) mass is 511 g/mol. The largest absolute Gasteiger partial charge is 0.498 e. The standard InChI is InChI=1S/C24H26F4N4O4/c1-2-16-14-17(32(30-20(16)33)36-22(35)24(26,27)28)12-15-4-5-19(25)18(13-15)21(34)31-10-7-23(8-11-31)6-3-9-29-23/h4-5,13-14,29H,2-3,6-12H2,1H3/p+1. The second-order valence-electron chi connectivity index (χ2n) is 9.22. The highest BCUT2D eigenvalue weighted by Gasteiger charge is 2.45. The van der Waals surface area contributed by atoms with Gasteiger partial charge in [0.05, 0.1) is 12.0 Å². The highest BCUT2D eigenvalue weighted by atomic mass is 19.4. The Balaban J connectivity index is 1.57. The van der Waals surface area contributed by atoms with Gasteiger partial charge in [-0.25, -0.2) is 9.18 Å². The zero-order valence-electron chi connectivity index (χ0n) is 19.7. The minimum absolute atomic E-state index is 0.0151. The van der Waals surface area contributed by atoms with E-state index in [2.05, 4.69) is 15.3 Å². The molecule has 0 atom stereocenters. The number of nitrogens with zero attached hydrogens (tertiary/aromatic N) is 2. The number of alkyl halides is 3. The predicted octanol–water partition coefficient (Wildman–Crippen LogP) is 1.83. The van der Waals surface area contributed by atoms with Gasteiger partial charge >= 0.3 is 17.7 Å². The number of likely N-dealkylation sites (tertiary alicyclic amines) is 1. The van der Waals surface area contributed by atoms with Gasteiger partial charge in [-0.3, -0.25) is 9.59 Å². The molecule has 2 fully saturated rings. The van der Waals surface area contributed by atoms with Crippen LogP contribution < -0.4 is 20.6 Å². The van der Waals surface area contributed by atoms with Crippen LogP contribution in [0.5, 0.6) is 0 Å². The maximum Gasteiger partial charge on any atom is 0.498 e. The molecule has 0 radical (unpaired) electrons. The van der Waals surface area contributed by atoms with Crippen LogP contribution in [0.3, 0.4) is 0 Å². The van der Waals surface area contributed by atoms with E-state index in [0.717, 1.165) is 38.3 Å². The van der Waals surface area contributed by atoms with Crippen molar-refractivity contribution in [2.24, 2.45) is 0 Å². The van der Waals surface area contributed by atoms with Crippen LogP contribution in [0.2, 0.25) is 0 Å². The number of hydrogen-bond donors (Lipinski definition) is 2. The Morgan fingerprint density at radius 3 is 2.50 bits per heavy atom. The van der Waals surface area contributed by atoms with Crippen molar-refractivity contribution in [3.05, 3.63) is 62.8 Å². The van der Waals surface area contributed by atoms with Crippen molar-refractivity contribution >= 4 is 11.9 Å². The number of carbonyl (C=O) groups excluding carboxylic acids is 2. The number of aromatic nitrogens is 2. The molecule has 1 amide bonds. The van der Waals surface area contributed by atoms with E-state index < -0.39 is 29.4 Å². The van der Waals surface area contributed by atoms with Crippen LogP contribution in [0.1, 0.15) is 59.8 Å². The molecule has 1 aromatic heterocycles. The Kier molecular flexibility index (Phi) is 7.17. The lowest BCUT2D eigenvalue weighted by Crippen LogP contribution is -2.58. The molecule has 2 aliphatic rings. The number of H-pyrrole nitrogens is 1. The molecule has 0 aliphatic carbocycles. The first-order chi connectivity index (χ1) is 17.0. The van der Waals surface area contributed by atoms with Crippen LogP contribution >= 0.6 is 0 Å². The molecule has 1 spiro atoms. The van der Waals surface area contributed by atoms with Crippen molar-refractivity contribution in [1.82, 2.24) is 15.3 Å². The van der Waals surface area contributed by atoms with Gasteiger partial charge in [0.15, 0.2) is 0 Å². The summed E-state index contributed by atoms with van der Waals surface area (Å²) in [6.07, 6.45) is -1.44. The summed E-state index contributed by atoms with van der Waals surface area (Å²) in [4.78, 5) is 42.9. The molecule has 2 aliphatic heterocycles. The molecule has 1 aromatic carbocycles. The van der Waals surface area contributed by atoms with Gasteiger partial charge in [-0.2, -0.15) is 18.0 Å². The molecule has 194 valence electrons. The summed E-state index contributed by atoms with van der Waals surface area (Å²) in [5.74, 6) is -3.69. The first-order valence-electron chi connectivity index (χ1n) is 11.8. The molecule has 4 rings (SSSR count). The Bertz CT molecular complexity index is 1210. The zero-order valence-corrected chi connectivity index (χ0v) is 19.7. The van der Waals surface area contributed by atoms with Crippen molar-refractivity contribution in [3.63, 3.8) is 0 Å². The normalized spacial score (nSPS) is 17.4. The van der Waals surface area contributed by atoms with Gasteiger partial charge in [0.25, 0.3) is 11.6 Å². The van der Waals surface area contributed by atoms with Gasteiger partial charge in [-0.05, 0) is 56.3 Å². The summed E-state index contributed by atoms with van der Waals surface area (Å²) in [7, 11) is 0. The number of benzene rings is 1. The third-order valence-corrected chi connectivity index (χ3v) is 6.87. The van der Waals surface area contributed by atoms with E-state index in [0.29, 0.717) is 23.5 Å². The zero-order chi connectivity index (χ0) is 26.1. The smallest absolute Gasteiger partial charge is 0.338 e. The van der Waals surface area contributed by atoms with Crippen molar-refractivity contribution in [2.45, 2.75) is 57.2 Å². The first-order valence-corrected chi connectivity index (χ1v) is 11.8. The summed E-state index contributed by atoms with van der Waals surface area (Å²) in [6, 6.07) is 5.14. The Morgan fingerprint density at radius 2 is 1.89 bits per heavy atom. The summed E-state index contributed by atoms with van der Waals surface area (Å²) < 4.78 is 52.9. The number of nitrogens with one attached hydrogen (secondary N) is 2. The number of rotatable bonds is 5. The maximum atomic E-state index is 14.7. The van der Waals surface area contributed by atoms with Crippen molar-refractivity contribution < 1.29 is 36.8 Å². The highest BCUT2D eigenvalue weighted by molar-refractivity contribution is 5.94. The molecule has 8 nitrogen and oxygen atoms in total. The van der Waals surface area contributed by atoms with Gasteiger partial charge in [0.1, 0.15) is 10.7 Å². The van der Waals surface area contributed by atoms with Crippen LogP contribution in [-0.2, 0) is 17.6 Å². The molecule has 0 unspecified atom stereocenters. The Labute approximate surface area is 204 Å². The van der Waals surface area contributed by atoms with Crippen LogP contribution in [-0.4, -0.2) is 53.2 Å². The fraction of sp³-hybridized carbons (Fsp3) is 0.500. The average molecular weight is 511 g/mol. The molecule has 0 bridgehead atoms. The molecule has 2 aromatic rings. The van der Waals surface area contributed by atoms with E-state index in [-0.39, 0.29) is 35.2 Å². The minimum Gasteiger partial charge on any atom is -0.338 e. The number of carbonyl (C=O) groups is 2. The predicted molar refractivity (Wildman–Crippen MR) is 119 cm³/mol. The van der Waals surface area contributed by atoms with Gasteiger partial charge in [0.2, 0.25) is 0 Å². The highest BCUT2D eigenvalue weighted by Crippen LogP contribution is 2.31. The lowest BCUT2D eigenvalue weighted by Gasteiger charge is -2.39. The maximum absolute atomic E-state index is 14.7.